The van der Waals surface area contributed by atoms with Gasteiger partial charge < -0.3 is 10.0 Å². The van der Waals surface area contributed by atoms with Gasteiger partial charge in [-0.05, 0) is 24.6 Å². The minimum Gasteiger partial charge on any atom is -0.481 e. The highest BCUT2D eigenvalue weighted by atomic mass is 19.1. The van der Waals surface area contributed by atoms with Crippen LogP contribution in [0.1, 0.15) is 36.5 Å². The molecule has 104 valence electrons. The monoisotopic (exact) mass is 267 g/mol. The Labute approximate surface area is 111 Å². The van der Waals surface area contributed by atoms with Gasteiger partial charge in [-0.3, -0.25) is 9.59 Å². The zero-order chi connectivity index (χ0) is 14.3. The molecule has 0 heterocycles. The second-order valence-electron chi connectivity index (χ2n) is 4.30. The first-order valence-corrected chi connectivity index (χ1v) is 6.31. The van der Waals surface area contributed by atoms with Crippen LogP contribution in [0.4, 0.5) is 4.39 Å². The summed E-state index contributed by atoms with van der Waals surface area (Å²) in [7, 11) is 0. The van der Waals surface area contributed by atoms with Crippen LogP contribution in [0.5, 0.6) is 0 Å². The number of hydrogen-bond acceptors (Lipinski definition) is 2. The summed E-state index contributed by atoms with van der Waals surface area (Å²) in [6.07, 6.45) is 1.59. The van der Waals surface area contributed by atoms with Crippen molar-refractivity contribution in [2.24, 2.45) is 0 Å². The normalized spacial score (nSPS) is 10.2. The Balaban J connectivity index is 2.77. The summed E-state index contributed by atoms with van der Waals surface area (Å²) in [5.41, 5.74) is 0.251. The van der Waals surface area contributed by atoms with Crippen LogP contribution in [-0.4, -0.2) is 35.0 Å². The Morgan fingerprint density at radius 1 is 1.32 bits per heavy atom. The molecular weight excluding hydrogens is 249 g/mol. The molecule has 0 unspecified atom stereocenters. The fraction of sp³-hybridized carbons (Fsp3) is 0.429. The van der Waals surface area contributed by atoms with Gasteiger partial charge in [0.15, 0.2) is 0 Å². The summed E-state index contributed by atoms with van der Waals surface area (Å²) in [6, 6.07) is 5.44. The van der Waals surface area contributed by atoms with E-state index >= 15 is 0 Å². The van der Waals surface area contributed by atoms with Crippen molar-refractivity contribution in [3.8, 4) is 0 Å². The molecule has 1 N–H and O–H groups in total. The third-order valence-corrected chi connectivity index (χ3v) is 2.74. The highest BCUT2D eigenvalue weighted by molar-refractivity contribution is 5.94. The van der Waals surface area contributed by atoms with E-state index in [4.69, 9.17) is 5.11 Å². The molecule has 0 fully saturated rings. The van der Waals surface area contributed by atoms with E-state index in [-0.39, 0.29) is 24.4 Å². The van der Waals surface area contributed by atoms with Crippen molar-refractivity contribution in [2.45, 2.75) is 26.2 Å². The van der Waals surface area contributed by atoms with Crippen LogP contribution in [0.15, 0.2) is 24.3 Å². The van der Waals surface area contributed by atoms with E-state index < -0.39 is 11.8 Å². The second kappa shape index (κ2) is 7.51. The lowest BCUT2D eigenvalue weighted by atomic mass is 10.1. The largest absolute Gasteiger partial charge is 0.481 e. The molecule has 4 nitrogen and oxygen atoms in total. The van der Waals surface area contributed by atoms with Crippen LogP contribution < -0.4 is 0 Å². The van der Waals surface area contributed by atoms with Crippen molar-refractivity contribution in [3.63, 3.8) is 0 Å². The number of carboxylic acid groups (broad SMARTS) is 1. The predicted molar refractivity (Wildman–Crippen MR) is 69.5 cm³/mol. The summed E-state index contributed by atoms with van der Waals surface area (Å²) in [6.45, 7) is 2.62. The van der Waals surface area contributed by atoms with Gasteiger partial charge in [-0.2, -0.15) is 0 Å². The first kappa shape index (κ1) is 15.1. The fourth-order valence-corrected chi connectivity index (χ4v) is 1.70. The number of carbonyl (C=O) groups excluding carboxylic acids is 1. The third kappa shape index (κ3) is 5.07. The maximum Gasteiger partial charge on any atom is 0.305 e. The smallest absolute Gasteiger partial charge is 0.305 e. The minimum atomic E-state index is -0.950. The number of nitrogens with zero attached hydrogens (tertiary/aromatic N) is 1. The number of benzene rings is 1. The summed E-state index contributed by atoms with van der Waals surface area (Å²) in [5.74, 6) is -1.75. The number of carboxylic acids is 1. The average molecular weight is 267 g/mol. The Morgan fingerprint density at radius 3 is 2.63 bits per heavy atom. The number of carbonyl (C=O) groups is 2. The van der Waals surface area contributed by atoms with Crippen LogP contribution in [0.25, 0.3) is 0 Å². The third-order valence-electron chi connectivity index (χ3n) is 2.74. The molecule has 5 heteroatoms. The molecule has 1 aromatic rings. The highest BCUT2D eigenvalue weighted by Gasteiger charge is 2.16. The molecule has 1 rings (SSSR count). The van der Waals surface area contributed by atoms with E-state index in [0.29, 0.717) is 6.54 Å². The maximum absolute atomic E-state index is 13.1. The van der Waals surface area contributed by atoms with Gasteiger partial charge in [0.25, 0.3) is 5.91 Å². The SMILES string of the molecule is CCCCN(CCC(=O)O)C(=O)c1cccc(F)c1. The van der Waals surface area contributed by atoms with Crippen LogP contribution in [-0.2, 0) is 4.79 Å². The van der Waals surface area contributed by atoms with Crippen LogP contribution >= 0.6 is 0 Å². The molecule has 1 aromatic carbocycles. The van der Waals surface area contributed by atoms with E-state index in [1.54, 1.807) is 0 Å². The van der Waals surface area contributed by atoms with Crippen molar-refractivity contribution in [3.05, 3.63) is 35.6 Å². The molecular formula is C14H18FNO3. The molecule has 0 saturated carbocycles. The molecule has 0 aliphatic carbocycles. The van der Waals surface area contributed by atoms with Gasteiger partial charge >= 0.3 is 5.97 Å². The molecule has 0 aliphatic heterocycles. The molecule has 0 aliphatic rings. The first-order valence-electron chi connectivity index (χ1n) is 6.31. The Morgan fingerprint density at radius 2 is 2.05 bits per heavy atom. The van der Waals surface area contributed by atoms with Crippen molar-refractivity contribution in [1.82, 2.24) is 4.90 Å². The van der Waals surface area contributed by atoms with E-state index in [9.17, 15) is 14.0 Å². The Kier molecular flexibility index (Phi) is 5.99. The lowest BCUT2D eigenvalue weighted by Gasteiger charge is -2.21. The second-order valence-corrected chi connectivity index (χ2v) is 4.30. The molecule has 0 bridgehead atoms. The molecule has 19 heavy (non-hydrogen) atoms. The minimum absolute atomic E-state index is 0.106. The van der Waals surface area contributed by atoms with Gasteiger partial charge in [0.2, 0.25) is 0 Å². The van der Waals surface area contributed by atoms with Gasteiger partial charge in [-0.15, -0.1) is 0 Å². The van der Waals surface area contributed by atoms with E-state index in [1.165, 1.54) is 29.2 Å². The van der Waals surface area contributed by atoms with E-state index in [1.807, 2.05) is 6.92 Å². The van der Waals surface area contributed by atoms with Gasteiger partial charge in [0, 0.05) is 18.7 Å². The zero-order valence-electron chi connectivity index (χ0n) is 10.9. The predicted octanol–water partition coefficient (Wildman–Crippen LogP) is 2.54. The van der Waals surface area contributed by atoms with Gasteiger partial charge in [-0.1, -0.05) is 19.4 Å². The number of aliphatic carboxylic acids is 1. The number of amides is 1. The number of rotatable bonds is 7. The summed E-state index contributed by atoms with van der Waals surface area (Å²) in [5, 5.41) is 8.69. The molecule has 1 amide bonds. The van der Waals surface area contributed by atoms with Gasteiger partial charge in [0.05, 0.1) is 6.42 Å². The lowest BCUT2D eigenvalue weighted by molar-refractivity contribution is -0.137. The van der Waals surface area contributed by atoms with Crippen LogP contribution in [0.3, 0.4) is 0 Å². The first-order chi connectivity index (χ1) is 9.04. The van der Waals surface area contributed by atoms with Gasteiger partial charge in [0.1, 0.15) is 5.82 Å². The van der Waals surface area contributed by atoms with Crippen molar-refractivity contribution in [2.75, 3.05) is 13.1 Å². The molecule has 0 atom stereocenters. The van der Waals surface area contributed by atoms with E-state index in [2.05, 4.69) is 0 Å². The maximum atomic E-state index is 13.1. The molecule has 0 saturated heterocycles. The number of halogens is 1. The molecule has 0 radical (unpaired) electrons. The highest BCUT2D eigenvalue weighted by Crippen LogP contribution is 2.09. The van der Waals surface area contributed by atoms with Crippen molar-refractivity contribution in [1.29, 1.82) is 0 Å². The zero-order valence-corrected chi connectivity index (χ0v) is 10.9. The number of unbranched alkanes of at least 4 members (excludes halogenated alkanes) is 1. The quantitative estimate of drug-likeness (QED) is 0.826. The molecule has 0 aromatic heterocycles. The summed E-state index contributed by atoms with van der Waals surface area (Å²) < 4.78 is 13.1. The van der Waals surface area contributed by atoms with Crippen molar-refractivity contribution >= 4 is 11.9 Å². The van der Waals surface area contributed by atoms with E-state index in [0.717, 1.165) is 12.8 Å². The Bertz CT molecular complexity index is 448. The summed E-state index contributed by atoms with van der Waals surface area (Å²) >= 11 is 0. The fourth-order valence-electron chi connectivity index (χ4n) is 1.70. The van der Waals surface area contributed by atoms with Crippen molar-refractivity contribution < 1.29 is 19.1 Å². The standard InChI is InChI=1S/C14H18FNO3/c1-2-3-8-16(9-7-13(17)18)14(19)11-5-4-6-12(15)10-11/h4-6,10H,2-3,7-9H2,1H3,(H,17,18). The molecule has 0 spiro atoms. The Hall–Kier alpha value is -1.91. The lowest BCUT2D eigenvalue weighted by Crippen LogP contribution is -2.34. The number of hydrogen-bond donors (Lipinski definition) is 1. The summed E-state index contributed by atoms with van der Waals surface area (Å²) in [4.78, 5) is 24.2. The van der Waals surface area contributed by atoms with Crippen LogP contribution in [0.2, 0.25) is 0 Å². The topological polar surface area (TPSA) is 57.6 Å². The van der Waals surface area contributed by atoms with Gasteiger partial charge in [-0.25, -0.2) is 4.39 Å². The average Bonchev–Trinajstić information content (AvgIpc) is 2.38. The van der Waals surface area contributed by atoms with Crippen LogP contribution in [0, 0.1) is 5.82 Å².